The van der Waals surface area contributed by atoms with Crippen molar-refractivity contribution < 1.29 is 0 Å². The molecule has 0 spiro atoms. The van der Waals surface area contributed by atoms with E-state index in [1.54, 1.807) is 0 Å². The van der Waals surface area contributed by atoms with Crippen molar-refractivity contribution in [2.75, 3.05) is 26.7 Å². The first-order valence-electron chi connectivity index (χ1n) is 8.99. The summed E-state index contributed by atoms with van der Waals surface area (Å²) in [5.41, 5.74) is 13.3. The quantitative estimate of drug-likeness (QED) is 0.923. The third kappa shape index (κ3) is 2.67. The average Bonchev–Trinajstić information content (AvgIpc) is 2.60. The molecule has 0 bridgehead atoms. The number of hydrogen-bond donors (Lipinski definition) is 1. The van der Waals surface area contributed by atoms with E-state index in [0.717, 1.165) is 26.1 Å². The van der Waals surface area contributed by atoms with Crippen LogP contribution in [-0.4, -0.2) is 36.5 Å². The molecule has 0 amide bonds. The average molecular weight is 321 g/mol. The van der Waals surface area contributed by atoms with Gasteiger partial charge in [0.25, 0.3) is 0 Å². The van der Waals surface area contributed by atoms with Gasteiger partial charge in [-0.3, -0.25) is 9.80 Å². The minimum absolute atomic E-state index is 0.341. The highest BCUT2D eigenvalue weighted by Gasteiger charge is 2.34. The second-order valence-electron chi connectivity index (χ2n) is 7.33. The van der Waals surface area contributed by atoms with Crippen LogP contribution in [0.25, 0.3) is 0 Å². The van der Waals surface area contributed by atoms with Crippen molar-refractivity contribution in [1.82, 2.24) is 9.80 Å². The summed E-state index contributed by atoms with van der Waals surface area (Å²) < 4.78 is 0. The zero-order valence-corrected chi connectivity index (χ0v) is 14.7. The van der Waals surface area contributed by atoms with Crippen molar-refractivity contribution in [3.8, 4) is 0 Å². The van der Waals surface area contributed by atoms with Crippen molar-refractivity contribution in [2.24, 2.45) is 5.73 Å². The Morgan fingerprint density at radius 1 is 1.08 bits per heavy atom. The second kappa shape index (κ2) is 6.32. The molecule has 2 aliphatic rings. The molecule has 2 atom stereocenters. The number of aryl methyl sites for hydroxylation is 1. The van der Waals surface area contributed by atoms with Gasteiger partial charge in [-0.25, -0.2) is 0 Å². The normalized spacial score (nSPS) is 24.5. The van der Waals surface area contributed by atoms with Crippen LogP contribution in [0.5, 0.6) is 0 Å². The van der Waals surface area contributed by atoms with Gasteiger partial charge in [0, 0.05) is 38.3 Å². The van der Waals surface area contributed by atoms with E-state index in [4.69, 9.17) is 5.73 Å². The summed E-state index contributed by atoms with van der Waals surface area (Å²) in [5, 5.41) is 0. The molecule has 4 rings (SSSR count). The van der Waals surface area contributed by atoms with Gasteiger partial charge in [-0.2, -0.15) is 0 Å². The van der Waals surface area contributed by atoms with E-state index in [0.29, 0.717) is 18.6 Å². The van der Waals surface area contributed by atoms with E-state index in [1.165, 1.54) is 27.8 Å². The number of fused-ring (bicyclic) bond motifs is 2. The fourth-order valence-corrected chi connectivity index (χ4v) is 4.42. The molecule has 2 N–H and O–H groups in total. The molecule has 2 heterocycles. The van der Waals surface area contributed by atoms with Crippen LogP contribution in [-0.2, 0) is 13.0 Å². The van der Waals surface area contributed by atoms with E-state index < -0.39 is 0 Å². The Kier molecular flexibility index (Phi) is 4.17. The zero-order valence-electron chi connectivity index (χ0n) is 14.7. The van der Waals surface area contributed by atoms with Gasteiger partial charge in [0.1, 0.15) is 0 Å². The molecular weight excluding hydrogens is 294 g/mol. The van der Waals surface area contributed by atoms with Crippen LogP contribution in [0.1, 0.15) is 39.9 Å². The van der Waals surface area contributed by atoms with Crippen LogP contribution in [0.15, 0.2) is 42.5 Å². The lowest BCUT2D eigenvalue weighted by Crippen LogP contribution is -2.46. The van der Waals surface area contributed by atoms with Crippen LogP contribution < -0.4 is 5.73 Å². The second-order valence-corrected chi connectivity index (χ2v) is 7.33. The number of nitrogens with two attached hydrogens (primary N) is 1. The molecule has 3 heteroatoms. The summed E-state index contributed by atoms with van der Waals surface area (Å²) >= 11 is 0. The van der Waals surface area contributed by atoms with Crippen LogP contribution in [0.4, 0.5) is 0 Å². The zero-order chi connectivity index (χ0) is 16.7. The van der Waals surface area contributed by atoms with Gasteiger partial charge in [-0.1, -0.05) is 48.0 Å². The van der Waals surface area contributed by atoms with E-state index in [-0.39, 0.29) is 0 Å². The highest BCUT2D eigenvalue weighted by Crippen LogP contribution is 2.38. The molecule has 0 aliphatic carbocycles. The Balaban J connectivity index is 1.69. The third-order valence-electron chi connectivity index (χ3n) is 5.78. The Morgan fingerprint density at radius 2 is 1.88 bits per heavy atom. The Hall–Kier alpha value is -1.68. The summed E-state index contributed by atoms with van der Waals surface area (Å²) in [4.78, 5) is 5.09. The molecule has 0 aromatic heterocycles. The summed E-state index contributed by atoms with van der Waals surface area (Å²) in [6, 6.07) is 16.6. The van der Waals surface area contributed by atoms with E-state index >= 15 is 0 Å². The standard InChI is InChI=1S/C21H27N3/c1-15-7-8-18-19(11-15)20(12-22)23(2)14-21(18)24-10-9-16-5-3-4-6-17(16)13-24/h3-8,11,20-21H,9-10,12-14,22H2,1-2H3. The minimum Gasteiger partial charge on any atom is -0.329 e. The monoisotopic (exact) mass is 321 g/mol. The Bertz CT molecular complexity index is 740. The van der Waals surface area contributed by atoms with Crippen molar-refractivity contribution >= 4 is 0 Å². The van der Waals surface area contributed by atoms with Gasteiger partial charge in [0.05, 0.1) is 0 Å². The maximum absolute atomic E-state index is 6.09. The number of benzene rings is 2. The molecule has 2 aromatic rings. The number of nitrogens with zero attached hydrogens (tertiary/aromatic N) is 2. The molecule has 2 aliphatic heterocycles. The Labute approximate surface area is 145 Å². The third-order valence-corrected chi connectivity index (χ3v) is 5.78. The topological polar surface area (TPSA) is 32.5 Å². The van der Waals surface area contributed by atoms with E-state index in [2.05, 4.69) is 66.2 Å². The SMILES string of the molecule is Cc1ccc2c(c1)C(CN)N(C)CC2N1CCc2ccccc2C1. The first kappa shape index (κ1) is 15.8. The lowest BCUT2D eigenvalue weighted by Gasteiger charge is -2.44. The molecule has 0 saturated heterocycles. The number of rotatable bonds is 2. The molecule has 0 radical (unpaired) electrons. The number of likely N-dealkylation sites (N-methyl/N-ethyl adjacent to an activating group) is 1. The lowest BCUT2D eigenvalue weighted by molar-refractivity contribution is 0.101. The van der Waals surface area contributed by atoms with Crippen LogP contribution in [0.3, 0.4) is 0 Å². The molecule has 2 aromatic carbocycles. The van der Waals surface area contributed by atoms with Crippen LogP contribution >= 0.6 is 0 Å². The molecule has 3 nitrogen and oxygen atoms in total. The molecule has 0 fully saturated rings. The highest BCUT2D eigenvalue weighted by molar-refractivity contribution is 5.39. The van der Waals surface area contributed by atoms with Gasteiger partial charge in [-0.15, -0.1) is 0 Å². The van der Waals surface area contributed by atoms with Crippen molar-refractivity contribution in [3.05, 3.63) is 70.3 Å². The van der Waals surface area contributed by atoms with Crippen LogP contribution in [0.2, 0.25) is 0 Å². The van der Waals surface area contributed by atoms with Gasteiger partial charge >= 0.3 is 0 Å². The molecule has 126 valence electrons. The Morgan fingerprint density at radius 3 is 2.67 bits per heavy atom. The first-order valence-corrected chi connectivity index (χ1v) is 8.99. The fourth-order valence-electron chi connectivity index (χ4n) is 4.42. The minimum atomic E-state index is 0.341. The molecular formula is C21H27N3. The summed E-state index contributed by atoms with van der Waals surface area (Å²) in [6.45, 7) is 6.10. The van der Waals surface area contributed by atoms with Gasteiger partial charge in [0.15, 0.2) is 0 Å². The maximum atomic E-state index is 6.09. The van der Waals surface area contributed by atoms with Gasteiger partial charge in [-0.05, 0) is 42.6 Å². The van der Waals surface area contributed by atoms with Crippen molar-refractivity contribution in [1.29, 1.82) is 0 Å². The van der Waals surface area contributed by atoms with Crippen LogP contribution in [0, 0.1) is 6.92 Å². The summed E-state index contributed by atoms with van der Waals surface area (Å²) in [7, 11) is 2.22. The molecule has 0 saturated carbocycles. The molecule has 2 unspecified atom stereocenters. The fraction of sp³-hybridized carbons (Fsp3) is 0.429. The molecule has 24 heavy (non-hydrogen) atoms. The van der Waals surface area contributed by atoms with Crippen molar-refractivity contribution in [2.45, 2.75) is 32.0 Å². The van der Waals surface area contributed by atoms with E-state index in [9.17, 15) is 0 Å². The smallest absolute Gasteiger partial charge is 0.0482 e. The first-order chi connectivity index (χ1) is 11.7. The predicted molar refractivity (Wildman–Crippen MR) is 98.9 cm³/mol. The summed E-state index contributed by atoms with van der Waals surface area (Å²) in [6.07, 6.45) is 1.15. The highest BCUT2D eigenvalue weighted by atomic mass is 15.2. The largest absolute Gasteiger partial charge is 0.329 e. The van der Waals surface area contributed by atoms with Gasteiger partial charge in [0.2, 0.25) is 0 Å². The predicted octanol–water partition coefficient (Wildman–Crippen LogP) is 3.04. The maximum Gasteiger partial charge on any atom is 0.0482 e. The van der Waals surface area contributed by atoms with E-state index in [1.807, 2.05) is 0 Å². The lowest BCUT2D eigenvalue weighted by atomic mass is 9.86. The van der Waals surface area contributed by atoms with Gasteiger partial charge < -0.3 is 5.73 Å². The summed E-state index contributed by atoms with van der Waals surface area (Å²) in [5.74, 6) is 0. The van der Waals surface area contributed by atoms with Crippen molar-refractivity contribution in [3.63, 3.8) is 0 Å². The number of hydrogen-bond acceptors (Lipinski definition) is 3.